The molecular weight excluding hydrogens is 425 g/mol. The van der Waals surface area contributed by atoms with Gasteiger partial charge in [-0.2, -0.15) is 23.3 Å². The van der Waals surface area contributed by atoms with Gasteiger partial charge in [0.15, 0.2) is 0 Å². The number of furan rings is 1. The number of carbonyl (C=O) groups is 2. The van der Waals surface area contributed by atoms with Crippen LogP contribution >= 0.6 is 0 Å². The maximum Gasteiger partial charge on any atom is 0.416 e. The van der Waals surface area contributed by atoms with Crippen LogP contribution in [0.15, 0.2) is 75.8 Å². The number of rotatable bonds is 4. The van der Waals surface area contributed by atoms with E-state index < -0.39 is 23.6 Å². The second-order valence-electron chi connectivity index (χ2n) is 7.00. The first kappa shape index (κ1) is 21.1. The largest absolute Gasteiger partial charge is 0.478 e. The quantitative estimate of drug-likeness (QED) is 0.546. The number of benzene rings is 2. The van der Waals surface area contributed by atoms with Crippen LogP contribution in [0.4, 0.5) is 18.9 Å². The number of carbonyl (C=O) groups excluding carboxylic acids is 1. The van der Waals surface area contributed by atoms with E-state index in [-0.39, 0.29) is 16.8 Å². The second kappa shape index (κ2) is 7.84. The summed E-state index contributed by atoms with van der Waals surface area (Å²) in [6, 6.07) is 13.8. The molecule has 3 aromatic rings. The molecule has 0 aliphatic carbocycles. The van der Waals surface area contributed by atoms with Gasteiger partial charge in [-0.05, 0) is 55.5 Å². The molecule has 0 unspecified atom stereocenters. The number of hydrogen-bond donors (Lipinski definition) is 1. The predicted octanol–water partition coefficient (Wildman–Crippen LogP) is 5.47. The first-order chi connectivity index (χ1) is 15.1. The third-order valence-corrected chi connectivity index (χ3v) is 4.79. The maximum atomic E-state index is 13.0. The standard InChI is InChI=1S/C23H15F3N2O4/c1-13-19(21(29)28(27-13)17-7-3-6-16(11-17)23(24,25)26)12-18-8-9-20(32-18)14-4-2-5-15(10-14)22(30)31/h2-12H,1H3,(H,30,31). The number of amides is 1. The highest BCUT2D eigenvalue weighted by atomic mass is 19.4. The van der Waals surface area contributed by atoms with Crippen molar-refractivity contribution >= 4 is 29.4 Å². The normalized spacial score (nSPS) is 15.4. The van der Waals surface area contributed by atoms with E-state index in [1.54, 1.807) is 31.2 Å². The fraction of sp³-hybridized carbons (Fsp3) is 0.0870. The number of aromatic carboxylic acids is 1. The van der Waals surface area contributed by atoms with Gasteiger partial charge in [0.2, 0.25) is 0 Å². The fourth-order valence-electron chi connectivity index (χ4n) is 3.21. The van der Waals surface area contributed by atoms with Gasteiger partial charge in [0.05, 0.1) is 28.1 Å². The minimum absolute atomic E-state index is 0.00167. The lowest BCUT2D eigenvalue weighted by atomic mass is 10.1. The number of hydrogen-bond acceptors (Lipinski definition) is 4. The number of carboxylic acid groups (broad SMARTS) is 1. The van der Waals surface area contributed by atoms with Crippen molar-refractivity contribution in [2.75, 3.05) is 5.01 Å². The molecule has 32 heavy (non-hydrogen) atoms. The third kappa shape index (κ3) is 4.04. The van der Waals surface area contributed by atoms with Crippen LogP contribution in [0.1, 0.15) is 28.6 Å². The molecule has 1 aromatic heterocycles. The molecule has 162 valence electrons. The smallest absolute Gasteiger partial charge is 0.416 e. The summed E-state index contributed by atoms with van der Waals surface area (Å²) in [6.45, 7) is 1.57. The molecule has 1 N–H and O–H groups in total. The second-order valence-corrected chi connectivity index (χ2v) is 7.00. The van der Waals surface area contributed by atoms with E-state index in [1.807, 2.05) is 0 Å². The molecule has 9 heteroatoms. The summed E-state index contributed by atoms with van der Waals surface area (Å²) in [6.07, 6.45) is -3.10. The average Bonchev–Trinajstić information content (AvgIpc) is 3.34. The third-order valence-electron chi connectivity index (χ3n) is 4.79. The van der Waals surface area contributed by atoms with Gasteiger partial charge >= 0.3 is 12.1 Å². The van der Waals surface area contributed by atoms with Crippen LogP contribution in [0.5, 0.6) is 0 Å². The zero-order valence-corrected chi connectivity index (χ0v) is 16.6. The van der Waals surface area contributed by atoms with Crippen LogP contribution in [0.3, 0.4) is 0 Å². The first-order valence-corrected chi connectivity index (χ1v) is 9.36. The summed E-state index contributed by atoms with van der Waals surface area (Å²) in [5.41, 5.74) is 0.249. The van der Waals surface area contributed by atoms with Gasteiger partial charge in [-0.1, -0.05) is 18.2 Å². The molecule has 0 spiro atoms. The molecule has 0 fully saturated rings. The number of anilines is 1. The first-order valence-electron chi connectivity index (χ1n) is 9.36. The molecule has 2 aromatic carbocycles. The molecule has 1 aliphatic heterocycles. The number of halogens is 3. The van der Waals surface area contributed by atoms with Gasteiger partial charge in [-0.3, -0.25) is 4.79 Å². The summed E-state index contributed by atoms with van der Waals surface area (Å²) in [5, 5.41) is 14.1. The number of hydrazone groups is 1. The van der Waals surface area contributed by atoms with Crippen molar-refractivity contribution in [1.82, 2.24) is 0 Å². The lowest BCUT2D eigenvalue weighted by Crippen LogP contribution is -2.21. The van der Waals surface area contributed by atoms with Gasteiger partial charge in [0.25, 0.3) is 5.91 Å². The Hall–Kier alpha value is -4.14. The summed E-state index contributed by atoms with van der Waals surface area (Å²) in [5.74, 6) is -0.953. The Morgan fingerprint density at radius 1 is 1.09 bits per heavy atom. The molecule has 0 radical (unpaired) electrons. The van der Waals surface area contributed by atoms with Crippen molar-refractivity contribution in [3.8, 4) is 11.3 Å². The molecule has 4 rings (SSSR count). The summed E-state index contributed by atoms with van der Waals surface area (Å²) < 4.78 is 44.8. The number of carboxylic acids is 1. The van der Waals surface area contributed by atoms with Crippen molar-refractivity contribution in [3.63, 3.8) is 0 Å². The highest BCUT2D eigenvalue weighted by Crippen LogP contribution is 2.33. The van der Waals surface area contributed by atoms with E-state index in [0.29, 0.717) is 22.8 Å². The Bertz CT molecular complexity index is 1290. The van der Waals surface area contributed by atoms with Gasteiger partial charge in [-0.15, -0.1) is 0 Å². The van der Waals surface area contributed by atoms with Crippen LogP contribution in [-0.4, -0.2) is 22.7 Å². The van der Waals surface area contributed by atoms with Crippen LogP contribution < -0.4 is 5.01 Å². The van der Waals surface area contributed by atoms with E-state index in [9.17, 15) is 22.8 Å². The molecule has 2 heterocycles. The Labute approximate surface area is 179 Å². The van der Waals surface area contributed by atoms with E-state index in [0.717, 1.165) is 17.1 Å². The van der Waals surface area contributed by atoms with E-state index in [1.165, 1.54) is 30.3 Å². The number of alkyl halides is 3. The fourth-order valence-corrected chi connectivity index (χ4v) is 3.21. The Morgan fingerprint density at radius 2 is 1.84 bits per heavy atom. The maximum absolute atomic E-state index is 13.0. The van der Waals surface area contributed by atoms with Crippen LogP contribution in [-0.2, 0) is 11.0 Å². The van der Waals surface area contributed by atoms with Gasteiger partial charge < -0.3 is 9.52 Å². The highest BCUT2D eigenvalue weighted by Gasteiger charge is 2.33. The van der Waals surface area contributed by atoms with Crippen molar-refractivity contribution < 1.29 is 32.3 Å². The molecule has 0 saturated heterocycles. The number of nitrogens with zero attached hydrogens (tertiary/aromatic N) is 2. The topological polar surface area (TPSA) is 83.1 Å². The lowest BCUT2D eigenvalue weighted by Gasteiger charge is -2.14. The SMILES string of the molecule is CC1=NN(c2cccc(C(F)(F)F)c2)C(=O)C1=Cc1ccc(-c2cccc(C(=O)O)c2)o1. The van der Waals surface area contributed by atoms with Crippen LogP contribution in [0.25, 0.3) is 17.4 Å². The predicted molar refractivity (Wildman–Crippen MR) is 111 cm³/mol. The molecule has 0 saturated carbocycles. The van der Waals surface area contributed by atoms with E-state index >= 15 is 0 Å². The van der Waals surface area contributed by atoms with Crippen molar-refractivity contribution in [1.29, 1.82) is 0 Å². The lowest BCUT2D eigenvalue weighted by molar-refractivity contribution is -0.137. The minimum atomic E-state index is -4.54. The van der Waals surface area contributed by atoms with E-state index in [4.69, 9.17) is 9.52 Å². The van der Waals surface area contributed by atoms with Gasteiger partial charge in [-0.25, -0.2) is 4.79 Å². The molecule has 1 aliphatic rings. The molecule has 6 nitrogen and oxygen atoms in total. The summed E-state index contributed by atoms with van der Waals surface area (Å²) >= 11 is 0. The molecular formula is C23H15F3N2O4. The highest BCUT2D eigenvalue weighted by molar-refractivity contribution is 6.32. The molecule has 1 amide bonds. The molecule has 0 bridgehead atoms. The van der Waals surface area contributed by atoms with Gasteiger partial charge in [0.1, 0.15) is 11.5 Å². The monoisotopic (exact) mass is 440 g/mol. The Morgan fingerprint density at radius 3 is 2.56 bits per heavy atom. The van der Waals surface area contributed by atoms with Crippen molar-refractivity contribution in [2.24, 2.45) is 5.10 Å². The summed E-state index contributed by atoms with van der Waals surface area (Å²) in [4.78, 5) is 24.0. The van der Waals surface area contributed by atoms with Gasteiger partial charge in [0, 0.05) is 5.56 Å². The Kier molecular flexibility index (Phi) is 5.17. The van der Waals surface area contributed by atoms with Crippen LogP contribution in [0.2, 0.25) is 0 Å². The minimum Gasteiger partial charge on any atom is -0.478 e. The van der Waals surface area contributed by atoms with Crippen molar-refractivity contribution in [3.05, 3.63) is 83.1 Å². The average molecular weight is 440 g/mol. The van der Waals surface area contributed by atoms with Crippen LogP contribution in [0, 0.1) is 0 Å². The molecule has 0 atom stereocenters. The van der Waals surface area contributed by atoms with Crippen molar-refractivity contribution in [2.45, 2.75) is 13.1 Å². The summed E-state index contributed by atoms with van der Waals surface area (Å²) in [7, 11) is 0. The zero-order valence-electron chi connectivity index (χ0n) is 16.6. The zero-order chi connectivity index (χ0) is 23.0. The van der Waals surface area contributed by atoms with E-state index in [2.05, 4.69) is 5.10 Å². The Balaban J connectivity index is 1.62.